The van der Waals surface area contributed by atoms with Crippen molar-refractivity contribution in [1.82, 2.24) is 4.98 Å². The highest BCUT2D eigenvalue weighted by Crippen LogP contribution is 2.21. The Morgan fingerprint density at radius 2 is 1.90 bits per heavy atom. The molecule has 0 saturated heterocycles. The molecule has 1 heterocycles. The van der Waals surface area contributed by atoms with E-state index >= 15 is 0 Å². The molecule has 2 aromatic rings. The molecule has 20 heavy (non-hydrogen) atoms. The molecule has 0 spiro atoms. The third-order valence-electron chi connectivity index (χ3n) is 2.94. The van der Waals surface area contributed by atoms with Crippen LogP contribution in [0.1, 0.15) is 11.1 Å². The normalized spacial score (nSPS) is 11.2. The molecule has 0 amide bonds. The molecule has 1 aromatic heterocycles. The summed E-state index contributed by atoms with van der Waals surface area (Å²) in [5, 5.41) is -0.138. The number of benzene rings is 1. The highest BCUT2D eigenvalue weighted by Gasteiger charge is 2.20. The van der Waals surface area contributed by atoms with Gasteiger partial charge in [0.1, 0.15) is 0 Å². The van der Waals surface area contributed by atoms with Gasteiger partial charge in [-0.3, -0.25) is 10.6 Å². The smallest absolute Gasteiger partial charge is 0.281 e. The molecule has 0 aliphatic rings. The second-order valence-electron chi connectivity index (χ2n) is 4.40. The van der Waals surface area contributed by atoms with Crippen molar-refractivity contribution in [2.75, 3.05) is 10.1 Å². The van der Waals surface area contributed by atoms with Crippen molar-refractivity contribution in [3.63, 3.8) is 0 Å². The van der Waals surface area contributed by atoms with E-state index in [4.69, 9.17) is 5.84 Å². The van der Waals surface area contributed by atoms with E-state index in [1.54, 1.807) is 24.3 Å². The third-order valence-corrected chi connectivity index (χ3v) is 4.28. The maximum atomic E-state index is 12.3. The Morgan fingerprint density at radius 1 is 1.15 bits per heavy atom. The number of nitrogen functional groups attached to an aromatic ring is 1. The van der Waals surface area contributed by atoms with E-state index in [0.717, 1.165) is 11.1 Å². The van der Waals surface area contributed by atoms with Gasteiger partial charge >= 0.3 is 0 Å². The summed E-state index contributed by atoms with van der Waals surface area (Å²) in [6.07, 6.45) is 1.40. The summed E-state index contributed by atoms with van der Waals surface area (Å²) in [6.45, 7) is 3.88. The van der Waals surface area contributed by atoms with Crippen LogP contribution in [0.25, 0.3) is 0 Å². The predicted octanol–water partition coefficient (Wildman–Crippen LogP) is 1.78. The number of rotatable bonds is 4. The lowest BCUT2D eigenvalue weighted by Gasteiger charge is -2.11. The van der Waals surface area contributed by atoms with E-state index in [1.165, 1.54) is 6.20 Å². The fraction of sp³-hybridized carbons (Fsp3) is 0.154. The molecular formula is C13H16N4O2S. The predicted molar refractivity (Wildman–Crippen MR) is 78.8 cm³/mol. The lowest BCUT2D eigenvalue weighted by atomic mass is 10.1. The van der Waals surface area contributed by atoms with E-state index in [1.807, 2.05) is 19.9 Å². The van der Waals surface area contributed by atoms with Crippen LogP contribution in [0.3, 0.4) is 0 Å². The fourth-order valence-corrected chi connectivity index (χ4v) is 2.87. The highest BCUT2D eigenvalue weighted by atomic mass is 32.2. The minimum absolute atomic E-state index is 0.138. The molecule has 0 aliphatic carbocycles. The molecule has 0 atom stereocenters. The van der Waals surface area contributed by atoms with Crippen LogP contribution in [0.4, 0.5) is 11.4 Å². The Morgan fingerprint density at radius 3 is 2.55 bits per heavy atom. The first kappa shape index (κ1) is 14.3. The Balaban J connectivity index is 2.38. The fourth-order valence-electron chi connectivity index (χ4n) is 1.72. The number of aryl methyl sites for hydroxylation is 2. The standard InChI is InChI=1S/C13H16N4O2S/c1-9-5-6-11(8-10(9)2)17-20(18,19)13-12(16-14)4-3-7-15-13/h3-8,16-17H,14H2,1-2H3. The molecule has 106 valence electrons. The maximum Gasteiger partial charge on any atom is 0.281 e. The molecule has 0 unspecified atom stereocenters. The molecule has 4 N–H and O–H groups in total. The van der Waals surface area contributed by atoms with Crippen LogP contribution < -0.4 is 16.0 Å². The van der Waals surface area contributed by atoms with Crippen LogP contribution in [-0.4, -0.2) is 13.4 Å². The van der Waals surface area contributed by atoms with Crippen molar-refractivity contribution in [2.45, 2.75) is 18.9 Å². The van der Waals surface area contributed by atoms with Crippen LogP contribution >= 0.6 is 0 Å². The van der Waals surface area contributed by atoms with Gasteiger partial charge in [-0.2, -0.15) is 8.42 Å². The summed E-state index contributed by atoms with van der Waals surface area (Å²) in [5.74, 6) is 5.30. The number of nitrogens with one attached hydrogen (secondary N) is 2. The zero-order chi connectivity index (χ0) is 14.8. The van der Waals surface area contributed by atoms with Gasteiger partial charge in [-0.05, 0) is 49.2 Å². The molecule has 7 heteroatoms. The number of anilines is 2. The number of sulfonamides is 1. The lowest BCUT2D eigenvalue weighted by Crippen LogP contribution is -2.19. The van der Waals surface area contributed by atoms with E-state index < -0.39 is 10.0 Å². The van der Waals surface area contributed by atoms with Crippen molar-refractivity contribution in [3.8, 4) is 0 Å². The summed E-state index contributed by atoms with van der Waals surface area (Å²) in [5.41, 5.74) is 5.15. The average molecular weight is 292 g/mol. The molecule has 0 bridgehead atoms. The van der Waals surface area contributed by atoms with Gasteiger partial charge in [-0.1, -0.05) is 6.07 Å². The summed E-state index contributed by atoms with van der Waals surface area (Å²) in [7, 11) is -3.79. The largest absolute Gasteiger partial charge is 0.321 e. The van der Waals surface area contributed by atoms with Crippen LogP contribution in [0.2, 0.25) is 0 Å². The molecular weight excluding hydrogens is 276 g/mol. The topological polar surface area (TPSA) is 97.1 Å². The summed E-state index contributed by atoms with van der Waals surface area (Å²) in [4.78, 5) is 3.86. The molecule has 2 rings (SSSR count). The van der Waals surface area contributed by atoms with Gasteiger partial charge in [0.05, 0.1) is 5.69 Å². The summed E-state index contributed by atoms with van der Waals surface area (Å²) in [6, 6.07) is 8.48. The van der Waals surface area contributed by atoms with Gasteiger partial charge < -0.3 is 5.43 Å². The van der Waals surface area contributed by atoms with E-state index in [2.05, 4.69) is 15.1 Å². The van der Waals surface area contributed by atoms with Crippen LogP contribution in [0.5, 0.6) is 0 Å². The van der Waals surface area contributed by atoms with Crippen LogP contribution in [0, 0.1) is 13.8 Å². The molecule has 0 radical (unpaired) electrons. The first-order valence-electron chi connectivity index (χ1n) is 5.96. The third kappa shape index (κ3) is 2.89. The zero-order valence-corrected chi connectivity index (χ0v) is 12.0. The van der Waals surface area contributed by atoms with Crippen molar-refractivity contribution in [2.24, 2.45) is 5.84 Å². The minimum atomic E-state index is -3.79. The molecule has 6 nitrogen and oxygen atoms in total. The van der Waals surface area contributed by atoms with Gasteiger partial charge in [0.2, 0.25) is 5.03 Å². The van der Waals surface area contributed by atoms with Crippen molar-refractivity contribution in [1.29, 1.82) is 0 Å². The second kappa shape index (κ2) is 5.48. The minimum Gasteiger partial charge on any atom is -0.321 e. The SMILES string of the molecule is Cc1ccc(NS(=O)(=O)c2ncccc2NN)cc1C. The number of hydrogen-bond donors (Lipinski definition) is 3. The maximum absolute atomic E-state index is 12.3. The number of pyridine rings is 1. The Hall–Kier alpha value is -2.12. The van der Waals surface area contributed by atoms with Crippen molar-refractivity contribution >= 4 is 21.4 Å². The number of hydrogen-bond acceptors (Lipinski definition) is 5. The van der Waals surface area contributed by atoms with E-state index in [9.17, 15) is 8.42 Å². The van der Waals surface area contributed by atoms with Crippen molar-refractivity contribution in [3.05, 3.63) is 47.7 Å². The van der Waals surface area contributed by atoms with E-state index in [-0.39, 0.29) is 10.7 Å². The van der Waals surface area contributed by atoms with Gasteiger partial charge in [-0.25, -0.2) is 4.98 Å². The van der Waals surface area contributed by atoms with Crippen LogP contribution in [-0.2, 0) is 10.0 Å². The van der Waals surface area contributed by atoms with Gasteiger partial charge in [0.25, 0.3) is 10.0 Å². The average Bonchev–Trinajstić information content (AvgIpc) is 2.42. The first-order valence-corrected chi connectivity index (χ1v) is 7.44. The van der Waals surface area contributed by atoms with Crippen LogP contribution in [0.15, 0.2) is 41.6 Å². The number of hydrazine groups is 1. The Kier molecular flexibility index (Phi) is 3.91. The monoisotopic (exact) mass is 292 g/mol. The highest BCUT2D eigenvalue weighted by molar-refractivity contribution is 7.92. The number of nitrogens with two attached hydrogens (primary N) is 1. The lowest BCUT2D eigenvalue weighted by molar-refractivity contribution is 0.598. The number of nitrogens with zero attached hydrogens (tertiary/aromatic N) is 1. The molecule has 0 aliphatic heterocycles. The second-order valence-corrected chi connectivity index (χ2v) is 6.00. The van der Waals surface area contributed by atoms with Gasteiger partial charge in [0, 0.05) is 11.9 Å². The molecule has 0 saturated carbocycles. The van der Waals surface area contributed by atoms with Gasteiger partial charge in [-0.15, -0.1) is 0 Å². The zero-order valence-electron chi connectivity index (χ0n) is 11.2. The van der Waals surface area contributed by atoms with Gasteiger partial charge in [0.15, 0.2) is 0 Å². The number of aromatic nitrogens is 1. The Bertz CT molecular complexity index is 729. The Labute approximate surface area is 118 Å². The first-order chi connectivity index (χ1) is 9.44. The van der Waals surface area contributed by atoms with E-state index in [0.29, 0.717) is 5.69 Å². The summed E-state index contributed by atoms with van der Waals surface area (Å²) >= 11 is 0. The summed E-state index contributed by atoms with van der Waals surface area (Å²) < 4.78 is 27.1. The molecule has 0 fully saturated rings. The molecule has 1 aromatic carbocycles. The van der Waals surface area contributed by atoms with Crippen molar-refractivity contribution < 1.29 is 8.42 Å². The quantitative estimate of drug-likeness (QED) is 0.589.